The van der Waals surface area contributed by atoms with Crippen molar-refractivity contribution in [1.82, 2.24) is 15.2 Å². The lowest BCUT2D eigenvalue weighted by molar-refractivity contribution is -0.127. The molecule has 3 atom stereocenters. The fourth-order valence-electron chi connectivity index (χ4n) is 4.63. The number of nitrogens with one attached hydrogen (secondary N) is 1. The maximum atomic E-state index is 12.8. The van der Waals surface area contributed by atoms with Crippen LogP contribution in [0.15, 0.2) is 22.6 Å². The van der Waals surface area contributed by atoms with E-state index in [4.69, 9.17) is 16.0 Å². The monoisotopic (exact) mass is 403 g/mol. The Balaban J connectivity index is 1.33. The summed E-state index contributed by atoms with van der Waals surface area (Å²) >= 11 is 6.05. The summed E-state index contributed by atoms with van der Waals surface area (Å²) in [4.78, 5) is 19.7. The van der Waals surface area contributed by atoms with Crippen molar-refractivity contribution in [1.29, 1.82) is 0 Å². The number of nitrogens with zero attached hydrogens (tertiary/aromatic N) is 2. The second-order valence-electron chi connectivity index (χ2n) is 8.53. The molecule has 2 aliphatic rings. The van der Waals surface area contributed by atoms with Gasteiger partial charge in [-0.3, -0.25) is 9.69 Å². The third kappa shape index (κ3) is 4.20. The fourth-order valence-corrected chi connectivity index (χ4v) is 4.79. The normalized spacial score (nSPS) is 25.7. The summed E-state index contributed by atoms with van der Waals surface area (Å²) in [6, 6.07) is 5.81. The first kappa shape index (κ1) is 19.7. The molecule has 0 spiro atoms. The van der Waals surface area contributed by atoms with Crippen LogP contribution in [0.25, 0.3) is 11.1 Å². The number of rotatable bonds is 4. The number of fused-ring (bicyclic) bond motifs is 1. The van der Waals surface area contributed by atoms with Crippen molar-refractivity contribution in [3.8, 4) is 0 Å². The summed E-state index contributed by atoms with van der Waals surface area (Å²) < 4.78 is 5.95. The molecule has 6 heteroatoms. The van der Waals surface area contributed by atoms with Crippen LogP contribution in [0, 0.1) is 5.92 Å². The third-order valence-electron chi connectivity index (χ3n) is 6.61. The number of carbonyl (C=O) groups is 1. The van der Waals surface area contributed by atoms with E-state index in [1.54, 1.807) is 0 Å². The van der Waals surface area contributed by atoms with Gasteiger partial charge in [-0.2, -0.15) is 0 Å². The molecular formula is C22H30ClN3O2. The quantitative estimate of drug-likeness (QED) is 0.800. The molecule has 1 saturated heterocycles. The van der Waals surface area contributed by atoms with Gasteiger partial charge >= 0.3 is 0 Å². The van der Waals surface area contributed by atoms with Gasteiger partial charge in [0.15, 0.2) is 11.5 Å². The molecule has 28 heavy (non-hydrogen) atoms. The highest BCUT2D eigenvalue weighted by molar-refractivity contribution is 6.31. The van der Waals surface area contributed by atoms with Crippen LogP contribution >= 0.6 is 11.6 Å². The molecular weight excluding hydrogens is 374 g/mol. The van der Waals surface area contributed by atoms with Gasteiger partial charge < -0.3 is 9.73 Å². The van der Waals surface area contributed by atoms with Crippen molar-refractivity contribution in [3.05, 3.63) is 29.1 Å². The Kier molecular flexibility index (Phi) is 5.93. The van der Waals surface area contributed by atoms with Crippen molar-refractivity contribution in [3.63, 3.8) is 0 Å². The maximum absolute atomic E-state index is 12.8. The molecule has 4 rings (SSSR count). The summed E-state index contributed by atoms with van der Waals surface area (Å²) in [5.74, 6) is 1.86. The fraction of sp³-hybridized carbons (Fsp3) is 0.636. The van der Waals surface area contributed by atoms with Crippen molar-refractivity contribution >= 4 is 28.6 Å². The smallest absolute Gasteiger partial charge is 0.237 e. The first-order valence-corrected chi connectivity index (χ1v) is 11.0. The number of hydrogen-bond donors (Lipinski definition) is 1. The van der Waals surface area contributed by atoms with E-state index in [1.807, 2.05) is 25.1 Å². The Hall–Kier alpha value is -1.59. The number of aromatic nitrogens is 1. The van der Waals surface area contributed by atoms with Crippen molar-refractivity contribution in [2.45, 2.75) is 70.4 Å². The van der Waals surface area contributed by atoms with Gasteiger partial charge in [-0.1, -0.05) is 31.4 Å². The predicted molar refractivity (Wildman–Crippen MR) is 112 cm³/mol. The Morgan fingerprint density at radius 3 is 2.75 bits per heavy atom. The molecule has 1 N–H and O–H groups in total. The van der Waals surface area contributed by atoms with E-state index in [9.17, 15) is 4.79 Å². The van der Waals surface area contributed by atoms with Crippen LogP contribution in [-0.4, -0.2) is 41.0 Å². The Labute approximate surface area is 171 Å². The largest absolute Gasteiger partial charge is 0.440 e. The van der Waals surface area contributed by atoms with Crippen LogP contribution in [-0.2, 0) is 4.79 Å². The second kappa shape index (κ2) is 8.42. The van der Waals surface area contributed by atoms with Crippen molar-refractivity contribution in [2.24, 2.45) is 5.92 Å². The highest BCUT2D eigenvalue weighted by atomic mass is 35.5. The van der Waals surface area contributed by atoms with E-state index < -0.39 is 0 Å². The standard InChI is InChI=1S/C22H30ClN3O2/c1-14-5-3-4-6-18(14)24-21(27)15(2)26-11-9-16(10-12-26)22-25-19-13-17(23)7-8-20(19)28-22/h7-8,13-16,18H,3-6,9-12H2,1-2H3,(H,24,27). The minimum Gasteiger partial charge on any atom is -0.440 e. The number of benzene rings is 1. The average molecular weight is 404 g/mol. The maximum Gasteiger partial charge on any atom is 0.237 e. The molecule has 1 aromatic heterocycles. The zero-order valence-electron chi connectivity index (χ0n) is 16.8. The van der Waals surface area contributed by atoms with Crippen LogP contribution in [0.1, 0.15) is 64.2 Å². The van der Waals surface area contributed by atoms with Crippen molar-refractivity contribution in [2.75, 3.05) is 13.1 Å². The molecule has 0 bridgehead atoms. The molecule has 2 aromatic rings. The number of carbonyl (C=O) groups excluding carboxylic acids is 1. The molecule has 1 aromatic carbocycles. The molecule has 1 aliphatic heterocycles. The van der Waals surface area contributed by atoms with E-state index in [-0.39, 0.29) is 11.9 Å². The van der Waals surface area contributed by atoms with Gasteiger partial charge in [0.05, 0.1) is 6.04 Å². The molecule has 2 heterocycles. The van der Waals surface area contributed by atoms with Gasteiger partial charge in [0.1, 0.15) is 5.52 Å². The van der Waals surface area contributed by atoms with Crippen molar-refractivity contribution < 1.29 is 9.21 Å². The van der Waals surface area contributed by atoms with Crippen LogP contribution in [0.3, 0.4) is 0 Å². The number of hydrogen-bond acceptors (Lipinski definition) is 4. The number of oxazole rings is 1. The predicted octanol–water partition coefficient (Wildman–Crippen LogP) is 4.74. The number of likely N-dealkylation sites (tertiary alicyclic amines) is 1. The molecule has 152 valence electrons. The minimum absolute atomic E-state index is 0.0856. The Morgan fingerprint density at radius 1 is 1.25 bits per heavy atom. The van der Waals surface area contributed by atoms with Gasteiger partial charge in [-0.05, 0) is 69.8 Å². The minimum atomic E-state index is -0.0856. The SMILES string of the molecule is CC1CCCCC1NC(=O)C(C)N1CCC(c2nc3cc(Cl)ccc3o2)CC1. The summed E-state index contributed by atoms with van der Waals surface area (Å²) in [6.07, 6.45) is 6.77. The lowest BCUT2D eigenvalue weighted by atomic mass is 9.86. The Morgan fingerprint density at radius 2 is 2.00 bits per heavy atom. The van der Waals surface area contributed by atoms with Gasteiger partial charge in [-0.25, -0.2) is 4.98 Å². The van der Waals surface area contributed by atoms with Gasteiger partial charge in [-0.15, -0.1) is 0 Å². The van der Waals surface area contributed by atoms with Gasteiger partial charge in [0.25, 0.3) is 0 Å². The van der Waals surface area contributed by atoms with Crippen LogP contribution < -0.4 is 5.32 Å². The molecule has 0 radical (unpaired) electrons. The van der Waals surface area contributed by atoms with E-state index in [1.165, 1.54) is 19.3 Å². The lowest BCUT2D eigenvalue weighted by Gasteiger charge is -2.36. The number of piperidine rings is 1. The number of amides is 1. The molecule has 1 amide bonds. The average Bonchev–Trinajstić information content (AvgIpc) is 3.12. The van der Waals surface area contributed by atoms with E-state index in [2.05, 4.69) is 22.1 Å². The zero-order chi connectivity index (χ0) is 19.7. The summed E-state index contributed by atoms with van der Waals surface area (Å²) in [7, 11) is 0. The first-order chi connectivity index (χ1) is 13.5. The topological polar surface area (TPSA) is 58.4 Å². The second-order valence-corrected chi connectivity index (χ2v) is 8.96. The Bertz CT molecular complexity index is 828. The lowest BCUT2D eigenvalue weighted by Crippen LogP contribution is -2.52. The number of halogens is 1. The van der Waals surface area contributed by atoms with Gasteiger partial charge in [0, 0.05) is 17.0 Å². The van der Waals surface area contributed by atoms with E-state index in [0.717, 1.165) is 49.3 Å². The van der Waals surface area contributed by atoms with E-state index >= 15 is 0 Å². The zero-order valence-corrected chi connectivity index (χ0v) is 17.5. The molecule has 2 fully saturated rings. The summed E-state index contributed by atoms with van der Waals surface area (Å²) in [6.45, 7) is 6.07. The summed E-state index contributed by atoms with van der Waals surface area (Å²) in [5, 5.41) is 3.98. The van der Waals surface area contributed by atoms with E-state index in [0.29, 0.717) is 22.9 Å². The van der Waals surface area contributed by atoms with Crippen LogP contribution in [0.2, 0.25) is 5.02 Å². The van der Waals surface area contributed by atoms with Crippen LogP contribution in [0.4, 0.5) is 0 Å². The van der Waals surface area contributed by atoms with Gasteiger partial charge in [0.2, 0.25) is 5.91 Å². The highest BCUT2D eigenvalue weighted by Crippen LogP contribution is 2.31. The highest BCUT2D eigenvalue weighted by Gasteiger charge is 2.31. The molecule has 1 saturated carbocycles. The summed E-state index contributed by atoms with van der Waals surface area (Å²) in [5.41, 5.74) is 1.61. The third-order valence-corrected chi connectivity index (χ3v) is 6.85. The van der Waals surface area contributed by atoms with Crippen LogP contribution in [0.5, 0.6) is 0 Å². The molecule has 3 unspecified atom stereocenters. The molecule has 5 nitrogen and oxygen atoms in total. The first-order valence-electron chi connectivity index (χ1n) is 10.6. The molecule has 1 aliphatic carbocycles.